The van der Waals surface area contributed by atoms with Crippen LogP contribution in [0.15, 0.2) is 35.0 Å². The summed E-state index contributed by atoms with van der Waals surface area (Å²) in [6.45, 7) is 2.82. The molecule has 3 aromatic rings. The van der Waals surface area contributed by atoms with E-state index in [1.165, 1.54) is 10.1 Å². The Morgan fingerprint density at radius 3 is 3.00 bits per heavy atom. The van der Waals surface area contributed by atoms with Crippen molar-refractivity contribution in [2.24, 2.45) is 0 Å². The lowest BCUT2D eigenvalue weighted by Crippen LogP contribution is -1.98. The fourth-order valence-corrected chi connectivity index (χ4v) is 3.22. The van der Waals surface area contributed by atoms with E-state index in [1.54, 1.807) is 22.7 Å². The van der Waals surface area contributed by atoms with Gasteiger partial charge < -0.3 is 5.32 Å². The number of nitrogens with zero attached hydrogens (tertiary/aromatic N) is 1. The maximum Gasteiger partial charge on any atom is 0.112 e. The van der Waals surface area contributed by atoms with E-state index in [1.807, 2.05) is 6.92 Å². The maximum absolute atomic E-state index is 4.44. The number of benzene rings is 1. The highest BCUT2D eigenvalue weighted by Gasteiger charge is 2.00. The topological polar surface area (TPSA) is 24.9 Å². The van der Waals surface area contributed by atoms with E-state index in [2.05, 4.69) is 45.3 Å². The minimum absolute atomic E-state index is 0.800. The molecule has 0 atom stereocenters. The lowest BCUT2D eigenvalue weighted by atomic mass is 10.2. The maximum atomic E-state index is 4.44. The van der Waals surface area contributed by atoms with Crippen LogP contribution in [0.3, 0.4) is 0 Å². The first-order valence-electron chi connectivity index (χ1n) is 5.43. The van der Waals surface area contributed by atoms with Gasteiger partial charge in [-0.2, -0.15) is 0 Å². The molecule has 1 N–H and O–H groups in total. The normalized spacial score (nSPS) is 10.9. The number of fused-ring (bicyclic) bond motifs is 1. The molecule has 0 saturated carbocycles. The predicted octanol–water partition coefficient (Wildman–Crippen LogP) is 4.28. The van der Waals surface area contributed by atoms with Crippen LogP contribution in [0, 0.1) is 6.92 Å². The van der Waals surface area contributed by atoms with Crippen molar-refractivity contribution in [3.63, 3.8) is 0 Å². The number of nitrogens with one attached hydrogen (secondary N) is 1. The Balaban J connectivity index is 1.76. The van der Waals surface area contributed by atoms with Crippen molar-refractivity contribution in [3.05, 3.63) is 45.7 Å². The Hall–Kier alpha value is -1.39. The monoisotopic (exact) mass is 260 g/mol. The summed E-state index contributed by atoms with van der Waals surface area (Å²) in [4.78, 5) is 4.44. The van der Waals surface area contributed by atoms with Gasteiger partial charge in [0.1, 0.15) is 5.01 Å². The minimum Gasteiger partial charge on any atom is -0.379 e. The number of aryl methyl sites for hydroxylation is 1. The Morgan fingerprint density at radius 1 is 1.24 bits per heavy atom. The van der Waals surface area contributed by atoms with Crippen molar-refractivity contribution in [3.8, 4) is 0 Å². The summed E-state index contributed by atoms with van der Waals surface area (Å²) in [7, 11) is 0. The zero-order valence-corrected chi connectivity index (χ0v) is 11.1. The van der Waals surface area contributed by atoms with Crippen LogP contribution in [-0.4, -0.2) is 4.98 Å². The molecule has 0 fully saturated rings. The first-order valence-corrected chi connectivity index (χ1v) is 7.19. The highest BCUT2D eigenvalue weighted by molar-refractivity contribution is 7.17. The molecule has 0 unspecified atom stereocenters. The summed E-state index contributed by atoms with van der Waals surface area (Å²) in [5.74, 6) is 0. The van der Waals surface area contributed by atoms with Gasteiger partial charge in [-0.3, -0.25) is 0 Å². The van der Waals surface area contributed by atoms with Crippen LogP contribution in [0.25, 0.3) is 10.1 Å². The van der Waals surface area contributed by atoms with Crippen LogP contribution < -0.4 is 5.32 Å². The van der Waals surface area contributed by atoms with Gasteiger partial charge in [-0.05, 0) is 42.0 Å². The molecule has 3 rings (SSSR count). The van der Waals surface area contributed by atoms with Gasteiger partial charge in [0.15, 0.2) is 0 Å². The largest absolute Gasteiger partial charge is 0.379 e. The van der Waals surface area contributed by atoms with Crippen molar-refractivity contribution >= 4 is 38.4 Å². The molecule has 4 heteroatoms. The van der Waals surface area contributed by atoms with Gasteiger partial charge in [0, 0.05) is 21.5 Å². The molecule has 1 aromatic carbocycles. The van der Waals surface area contributed by atoms with Crippen LogP contribution >= 0.6 is 22.7 Å². The molecule has 0 amide bonds. The van der Waals surface area contributed by atoms with Crippen LogP contribution in [0.2, 0.25) is 0 Å². The van der Waals surface area contributed by atoms with Gasteiger partial charge in [0.05, 0.1) is 6.54 Å². The average Bonchev–Trinajstić information content (AvgIpc) is 2.94. The van der Waals surface area contributed by atoms with E-state index in [0.29, 0.717) is 0 Å². The molecule has 0 aliphatic heterocycles. The second-order valence-electron chi connectivity index (χ2n) is 3.91. The lowest BCUT2D eigenvalue weighted by Gasteiger charge is -2.04. The van der Waals surface area contributed by atoms with E-state index in [0.717, 1.165) is 22.9 Å². The van der Waals surface area contributed by atoms with Crippen LogP contribution in [-0.2, 0) is 6.54 Å². The lowest BCUT2D eigenvalue weighted by molar-refractivity contribution is 1.08. The number of hydrogen-bond acceptors (Lipinski definition) is 4. The molecule has 17 heavy (non-hydrogen) atoms. The highest BCUT2D eigenvalue weighted by atomic mass is 32.1. The first kappa shape index (κ1) is 10.7. The number of anilines is 1. The van der Waals surface area contributed by atoms with Gasteiger partial charge in [-0.1, -0.05) is 0 Å². The molecule has 0 aliphatic rings. The molecular formula is C13H12N2S2. The van der Waals surface area contributed by atoms with Crippen LogP contribution in [0.5, 0.6) is 0 Å². The third-order valence-corrected chi connectivity index (χ3v) is 4.43. The quantitative estimate of drug-likeness (QED) is 0.760. The van der Waals surface area contributed by atoms with Crippen molar-refractivity contribution < 1.29 is 0 Å². The number of thiophene rings is 1. The Bertz CT molecular complexity index is 639. The predicted molar refractivity (Wildman–Crippen MR) is 76.0 cm³/mol. The molecular weight excluding hydrogens is 248 g/mol. The minimum atomic E-state index is 0.800. The van der Waals surface area contributed by atoms with E-state index >= 15 is 0 Å². The van der Waals surface area contributed by atoms with E-state index in [9.17, 15) is 0 Å². The number of thiazole rings is 1. The number of rotatable bonds is 3. The molecule has 0 saturated heterocycles. The number of hydrogen-bond donors (Lipinski definition) is 1. The molecule has 0 aliphatic carbocycles. The molecule has 2 nitrogen and oxygen atoms in total. The second-order valence-corrected chi connectivity index (χ2v) is 5.80. The first-order chi connectivity index (χ1) is 8.31. The van der Waals surface area contributed by atoms with Crippen LogP contribution in [0.4, 0.5) is 5.69 Å². The molecule has 0 radical (unpaired) electrons. The summed E-state index contributed by atoms with van der Waals surface area (Å²) in [5.41, 5.74) is 2.25. The molecule has 0 bridgehead atoms. The fraction of sp³-hybridized carbons (Fsp3) is 0.154. The zero-order chi connectivity index (χ0) is 11.7. The second kappa shape index (κ2) is 4.47. The average molecular weight is 260 g/mol. The summed E-state index contributed by atoms with van der Waals surface area (Å²) in [6, 6.07) is 8.62. The summed E-state index contributed by atoms with van der Waals surface area (Å²) in [5, 5.41) is 10.0. The Labute approximate surface area is 108 Å². The van der Waals surface area contributed by atoms with Gasteiger partial charge in [-0.15, -0.1) is 22.7 Å². The number of aromatic nitrogens is 1. The summed E-state index contributed by atoms with van der Waals surface area (Å²) < 4.78 is 1.33. The van der Waals surface area contributed by atoms with Crippen molar-refractivity contribution in [2.75, 3.05) is 5.32 Å². The van der Waals surface area contributed by atoms with E-state index in [4.69, 9.17) is 0 Å². The highest BCUT2D eigenvalue weighted by Crippen LogP contribution is 2.24. The third kappa shape index (κ3) is 2.33. The van der Waals surface area contributed by atoms with Crippen molar-refractivity contribution in [1.82, 2.24) is 4.98 Å². The zero-order valence-electron chi connectivity index (χ0n) is 9.43. The Morgan fingerprint density at radius 2 is 2.18 bits per heavy atom. The van der Waals surface area contributed by atoms with Crippen molar-refractivity contribution in [2.45, 2.75) is 13.5 Å². The third-order valence-electron chi connectivity index (χ3n) is 2.56. The molecule has 0 spiro atoms. The van der Waals surface area contributed by atoms with Gasteiger partial charge in [-0.25, -0.2) is 4.98 Å². The SMILES string of the molecule is Cc1csc(CNc2ccc3sccc3c2)n1. The molecule has 86 valence electrons. The van der Waals surface area contributed by atoms with Gasteiger partial charge in [0.25, 0.3) is 0 Å². The van der Waals surface area contributed by atoms with Gasteiger partial charge in [0.2, 0.25) is 0 Å². The summed E-state index contributed by atoms with van der Waals surface area (Å²) in [6.07, 6.45) is 0. The fourth-order valence-electron chi connectivity index (χ4n) is 1.74. The van der Waals surface area contributed by atoms with Gasteiger partial charge >= 0.3 is 0 Å². The van der Waals surface area contributed by atoms with E-state index in [-0.39, 0.29) is 0 Å². The van der Waals surface area contributed by atoms with Crippen LogP contribution in [0.1, 0.15) is 10.7 Å². The summed E-state index contributed by atoms with van der Waals surface area (Å²) >= 11 is 3.48. The smallest absolute Gasteiger partial charge is 0.112 e. The Kier molecular flexibility index (Phi) is 2.82. The standard InChI is InChI=1S/C13H12N2S2/c1-9-8-17-13(15-9)7-14-11-2-3-12-10(6-11)4-5-16-12/h2-6,8,14H,7H2,1H3. The van der Waals surface area contributed by atoms with Crippen molar-refractivity contribution in [1.29, 1.82) is 0 Å². The molecule has 2 heterocycles. The van der Waals surface area contributed by atoms with E-state index < -0.39 is 0 Å². The molecule has 2 aromatic heterocycles.